The van der Waals surface area contributed by atoms with Gasteiger partial charge in [0.25, 0.3) is 0 Å². The molecule has 6 heteroatoms. The average Bonchev–Trinajstić information content (AvgIpc) is 2.97. The van der Waals surface area contributed by atoms with Crippen molar-refractivity contribution in [3.63, 3.8) is 0 Å². The third kappa shape index (κ3) is 2.61. The van der Waals surface area contributed by atoms with Gasteiger partial charge in [-0.25, -0.2) is 9.78 Å². The van der Waals surface area contributed by atoms with Crippen molar-refractivity contribution in [1.82, 2.24) is 0 Å². The molecule has 0 radical (unpaired) electrons. The zero-order chi connectivity index (χ0) is 19.7. The van der Waals surface area contributed by atoms with Crippen molar-refractivity contribution in [2.45, 2.75) is 102 Å². The first kappa shape index (κ1) is 19.2. The van der Waals surface area contributed by atoms with E-state index in [-0.39, 0.29) is 17.6 Å². The molecule has 1 saturated carbocycles. The van der Waals surface area contributed by atoms with Crippen LogP contribution < -0.4 is 0 Å². The molecular weight excluding hydrogens is 360 g/mol. The summed E-state index contributed by atoms with van der Waals surface area (Å²) >= 11 is 0. The van der Waals surface area contributed by atoms with Crippen LogP contribution in [-0.2, 0) is 24.0 Å². The molecule has 156 valence electrons. The van der Waals surface area contributed by atoms with E-state index in [1.165, 1.54) is 0 Å². The quantitative estimate of drug-likeness (QED) is 0.742. The van der Waals surface area contributed by atoms with Crippen molar-refractivity contribution in [1.29, 1.82) is 0 Å². The molecule has 4 saturated heterocycles. The van der Waals surface area contributed by atoms with Gasteiger partial charge in [0.05, 0.1) is 11.7 Å². The van der Waals surface area contributed by atoms with Crippen LogP contribution in [0.1, 0.15) is 72.1 Å². The van der Waals surface area contributed by atoms with Gasteiger partial charge in [-0.05, 0) is 51.4 Å². The Morgan fingerprint density at radius 3 is 2.79 bits per heavy atom. The molecule has 6 nitrogen and oxygen atoms in total. The molecule has 1 N–H and O–H groups in total. The summed E-state index contributed by atoms with van der Waals surface area (Å²) in [6.07, 6.45) is 7.30. The van der Waals surface area contributed by atoms with Crippen LogP contribution >= 0.6 is 0 Å². The molecule has 4 aliphatic heterocycles. The SMILES string of the molecule is C[C@@H]1[C@@H]2CCC[C@@H]3CC[C@@]4(C)OO[C@]32[C@H](OC1(C)C[C@@H](O)C1=CCCC1=O)O4. The summed E-state index contributed by atoms with van der Waals surface area (Å²) < 4.78 is 13.0. The Kier molecular flexibility index (Phi) is 4.35. The molecule has 0 aromatic carbocycles. The second-order valence-electron chi connectivity index (χ2n) is 9.94. The summed E-state index contributed by atoms with van der Waals surface area (Å²) in [4.78, 5) is 24.0. The Hall–Kier alpha value is -0.790. The molecule has 5 fully saturated rings. The van der Waals surface area contributed by atoms with Gasteiger partial charge in [-0.3, -0.25) is 4.79 Å². The van der Waals surface area contributed by atoms with Crippen molar-refractivity contribution >= 4 is 5.78 Å². The van der Waals surface area contributed by atoms with Gasteiger partial charge in [0.15, 0.2) is 17.7 Å². The fraction of sp³-hybridized carbons (Fsp3) is 0.864. The van der Waals surface area contributed by atoms with Gasteiger partial charge in [0, 0.05) is 30.8 Å². The van der Waals surface area contributed by atoms with E-state index < -0.39 is 29.4 Å². The predicted molar refractivity (Wildman–Crippen MR) is 99.8 cm³/mol. The molecule has 6 aliphatic rings. The summed E-state index contributed by atoms with van der Waals surface area (Å²) in [6, 6.07) is 0. The van der Waals surface area contributed by atoms with E-state index in [1.54, 1.807) is 0 Å². The number of ether oxygens (including phenoxy) is 2. The molecule has 2 bridgehead atoms. The highest BCUT2D eigenvalue weighted by Gasteiger charge is 2.70. The van der Waals surface area contributed by atoms with Crippen LogP contribution in [-0.4, -0.2) is 40.3 Å². The second kappa shape index (κ2) is 6.35. The van der Waals surface area contributed by atoms with Crippen LogP contribution in [0.5, 0.6) is 0 Å². The molecule has 28 heavy (non-hydrogen) atoms. The van der Waals surface area contributed by atoms with Gasteiger partial charge < -0.3 is 14.6 Å². The topological polar surface area (TPSA) is 74.2 Å². The average molecular weight is 392 g/mol. The third-order valence-corrected chi connectivity index (χ3v) is 8.28. The number of fused-ring (bicyclic) bond motifs is 2. The largest absolute Gasteiger partial charge is 0.388 e. The Balaban J connectivity index is 1.47. The number of carbonyl (C=O) groups excluding carboxylic acids is 1. The summed E-state index contributed by atoms with van der Waals surface area (Å²) in [5.74, 6) is 0.00691. The maximum absolute atomic E-state index is 12.1. The standard InChI is InChI=1S/C22H32O6/c1-13-16-8-4-6-14-10-11-21(3)26-19(22(14,16)28-27-21)25-20(13,2)12-18(24)15-7-5-9-17(15)23/h7,13-14,16,18-19,24H,4-6,8-12H2,1-3H3/t13-,14-,16+,18-,19-,20?,21-,22-/m1/s1. The molecule has 1 spiro atoms. The van der Waals surface area contributed by atoms with Crippen LogP contribution in [0.4, 0.5) is 0 Å². The lowest BCUT2D eigenvalue weighted by atomic mass is 9.57. The minimum atomic E-state index is -0.799. The fourth-order valence-electron chi connectivity index (χ4n) is 6.48. The second-order valence-corrected chi connectivity index (χ2v) is 9.94. The van der Waals surface area contributed by atoms with Crippen molar-refractivity contribution in [2.24, 2.45) is 17.8 Å². The summed E-state index contributed by atoms with van der Waals surface area (Å²) in [5, 5.41) is 10.8. The molecule has 4 heterocycles. The van der Waals surface area contributed by atoms with Crippen LogP contribution in [0.2, 0.25) is 0 Å². The lowest BCUT2D eigenvalue weighted by molar-refractivity contribution is -0.575. The van der Waals surface area contributed by atoms with E-state index in [1.807, 2.05) is 13.0 Å². The van der Waals surface area contributed by atoms with Crippen molar-refractivity contribution in [3.05, 3.63) is 11.6 Å². The lowest BCUT2D eigenvalue weighted by Gasteiger charge is -2.62. The van der Waals surface area contributed by atoms with Crippen molar-refractivity contribution < 1.29 is 29.1 Å². The van der Waals surface area contributed by atoms with Crippen LogP contribution in [0, 0.1) is 17.8 Å². The smallest absolute Gasteiger partial charge is 0.201 e. The lowest BCUT2D eigenvalue weighted by Crippen LogP contribution is -2.71. The molecule has 0 aromatic rings. The van der Waals surface area contributed by atoms with Gasteiger partial charge in [0.2, 0.25) is 5.79 Å². The van der Waals surface area contributed by atoms with Crippen LogP contribution in [0.15, 0.2) is 11.6 Å². The van der Waals surface area contributed by atoms with Gasteiger partial charge in [-0.1, -0.05) is 19.4 Å². The maximum atomic E-state index is 12.1. The fourth-order valence-corrected chi connectivity index (χ4v) is 6.48. The van der Waals surface area contributed by atoms with Crippen molar-refractivity contribution in [3.8, 4) is 0 Å². The normalized spacial score (nSPS) is 51.4. The van der Waals surface area contributed by atoms with Crippen molar-refractivity contribution in [2.75, 3.05) is 0 Å². The Labute approximate surface area is 166 Å². The highest BCUT2D eigenvalue weighted by Crippen LogP contribution is 2.61. The van der Waals surface area contributed by atoms with Gasteiger partial charge in [0.1, 0.15) is 0 Å². The first-order chi connectivity index (χ1) is 13.3. The monoisotopic (exact) mass is 392 g/mol. The summed E-state index contributed by atoms with van der Waals surface area (Å²) in [5.41, 5.74) is -0.621. The first-order valence-corrected chi connectivity index (χ1v) is 10.9. The molecule has 2 aliphatic carbocycles. The Morgan fingerprint density at radius 2 is 2.04 bits per heavy atom. The van der Waals surface area contributed by atoms with E-state index in [2.05, 4.69) is 13.8 Å². The Morgan fingerprint density at radius 1 is 1.21 bits per heavy atom. The number of allylic oxidation sites excluding steroid dienone is 1. The Bertz CT molecular complexity index is 705. The minimum absolute atomic E-state index is 0.0581. The number of Topliss-reactive ketones (excluding diaryl/α,β-unsaturated/α-hetero) is 1. The van der Waals surface area contributed by atoms with Crippen LogP contribution in [0.25, 0.3) is 0 Å². The minimum Gasteiger partial charge on any atom is -0.388 e. The predicted octanol–water partition coefficient (Wildman–Crippen LogP) is 3.42. The molecule has 6 rings (SSSR count). The van der Waals surface area contributed by atoms with Gasteiger partial charge in [-0.2, -0.15) is 0 Å². The van der Waals surface area contributed by atoms with E-state index in [0.717, 1.165) is 38.5 Å². The van der Waals surface area contributed by atoms with E-state index >= 15 is 0 Å². The maximum Gasteiger partial charge on any atom is 0.201 e. The molecule has 1 unspecified atom stereocenters. The van der Waals surface area contributed by atoms with Crippen LogP contribution in [0.3, 0.4) is 0 Å². The summed E-state index contributed by atoms with van der Waals surface area (Å²) in [6.45, 7) is 6.17. The zero-order valence-electron chi connectivity index (χ0n) is 17.1. The number of hydrogen-bond donors (Lipinski definition) is 1. The number of ketones is 1. The molecular formula is C22H32O6. The zero-order valence-corrected chi connectivity index (χ0v) is 17.1. The molecule has 0 aromatic heterocycles. The van der Waals surface area contributed by atoms with E-state index in [4.69, 9.17) is 19.2 Å². The van der Waals surface area contributed by atoms with Gasteiger partial charge in [-0.15, -0.1) is 0 Å². The number of hydrogen-bond acceptors (Lipinski definition) is 6. The molecule has 0 amide bonds. The highest BCUT2D eigenvalue weighted by atomic mass is 17.3. The highest BCUT2D eigenvalue weighted by molar-refractivity contribution is 5.98. The number of rotatable bonds is 3. The number of aliphatic hydroxyl groups is 1. The number of carbonyl (C=O) groups is 1. The van der Waals surface area contributed by atoms with Gasteiger partial charge >= 0.3 is 0 Å². The first-order valence-electron chi connectivity index (χ1n) is 10.9. The third-order valence-electron chi connectivity index (χ3n) is 8.28. The number of aliphatic hydroxyl groups excluding tert-OH is 1. The molecule has 8 atom stereocenters. The van der Waals surface area contributed by atoms with E-state index in [9.17, 15) is 9.90 Å². The van der Waals surface area contributed by atoms with E-state index in [0.29, 0.717) is 24.3 Å². The summed E-state index contributed by atoms with van der Waals surface area (Å²) in [7, 11) is 0.